The van der Waals surface area contributed by atoms with Crippen LogP contribution in [0.1, 0.15) is 33.8 Å². The lowest BCUT2D eigenvalue weighted by Crippen LogP contribution is -2.33. The summed E-state index contributed by atoms with van der Waals surface area (Å²) in [6.45, 7) is 5.76. The number of piperidine rings is 1. The van der Waals surface area contributed by atoms with E-state index in [0.717, 1.165) is 47.7 Å². The van der Waals surface area contributed by atoms with Crippen molar-refractivity contribution in [3.05, 3.63) is 52.5 Å². The molecule has 1 aliphatic heterocycles. The number of amides is 1. The highest BCUT2D eigenvalue weighted by molar-refractivity contribution is 7.21. The van der Waals surface area contributed by atoms with Crippen LogP contribution in [0, 0.1) is 12.8 Å². The van der Waals surface area contributed by atoms with Crippen LogP contribution in [0.5, 0.6) is 0 Å². The zero-order valence-corrected chi connectivity index (χ0v) is 18.1. The standard InChI is InChI=1S/C23H29N5OS/c1-15-4-9-19-20(24)21(30-23(19)28-15)22(29)26-12-10-16-5-7-18(8-6-16)27-14-17-3-2-11-25-13-17/h4-9,17,25,27H,2-3,10-14,24H2,1H3,(H,26,29). The number of aryl methyl sites for hydroxylation is 1. The van der Waals surface area contributed by atoms with Gasteiger partial charge < -0.3 is 21.7 Å². The van der Waals surface area contributed by atoms with E-state index < -0.39 is 0 Å². The summed E-state index contributed by atoms with van der Waals surface area (Å²) < 4.78 is 0. The topological polar surface area (TPSA) is 92.1 Å². The maximum Gasteiger partial charge on any atom is 0.263 e. The minimum atomic E-state index is -0.132. The second-order valence-corrected chi connectivity index (χ2v) is 8.95. The van der Waals surface area contributed by atoms with Crippen molar-refractivity contribution in [1.82, 2.24) is 15.6 Å². The molecule has 1 amide bonds. The molecule has 7 heteroatoms. The quantitative estimate of drug-likeness (QED) is 0.466. The summed E-state index contributed by atoms with van der Waals surface area (Å²) in [5.41, 5.74) is 9.95. The maximum absolute atomic E-state index is 12.6. The van der Waals surface area contributed by atoms with E-state index in [-0.39, 0.29) is 5.91 Å². The monoisotopic (exact) mass is 423 g/mol. The molecule has 1 unspecified atom stereocenters. The first kappa shape index (κ1) is 20.6. The lowest BCUT2D eigenvalue weighted by Gasteiger charge is -2.23. The Morgan fingerprint density at radius 2 is 2.10 bits per heavy atom. The SMILES string of the molecule is Cc1ccc2c(N)c(C(=O)NCCc3ccc(NCC4CCCNC4)cc3)sc2n1. The smallest absolute Gasteiger partial charge is 0.263 e. The van der Waals surface area contributed by atoms with E-state index in [1.165, 1.54) is 29.7 Å². The van der Waals surface area contributed by atoms with Crippen molar-refractivity contribution in [3.63, 3.8) is 0 Å². The average Bonchev–Trinajstić information content (AvgIpc) is 3.09. The van der Waals surface area contributed by atoms with Gasteiger partial charge in [0.05, 0.1) is 5.69 Å². The van der Waals surface area contributed by atoms with Crippen molar-refractivity contribution in [2.75, 3.05) is 37.2 Å². The highest BCUT2D eigenvalue weighted by Crippen LogP contribution is 2.32. The second kappa shape index (κ2) is 9.45. The number of aromatic nitrogens is 1. The number of carbonyl (C=O) groups excluding carboxylic acids is 1. The summed E-state index contributed by atoms with van der Waals surface area (Å²) in [5.74, 6) is 0.571. The van der Waals surface area contributed by atoms with Crippen molar-refractivity contribution in [1.29, 1.82) is 0 Å². The lowest BCUT2D eigenvalue weighted by atomic mass is 9.99. The summed E-state index contributed by atoms with van der Waals surface area (Å²) >= 11 is 1.35. The normalized spacial score (nSPS) is 16.5. The van der Waals surface area contributed by atoms with Gasteiger partial charge in [0.2, 0.25) is 0 Å². The van der Waals surface area contributed by atoms with Gasteiger partial charge in [-0.25, -0.2) is 4.98 Å². The van der Waals surface area contributed by atoms with Gasteiger partial charge in [0, 0.05) is 29.9 Å². The van der Waals surface area contributed by atoms with Gasteiger partial charge >= 0.3 is 0 Å². The van der Waals surface area contributed by atoms with Gasteiger partial charge in [-0.15, -0.1) is 11.3 Å². The summed E-state index contributed by atoms with van der Waals surface area (Å²) in [7, 11) is 0. The molecule has 1 atom stereocenters. The number of nitrogens with one attached hydrogen (secondary N) is 3. The third kappa shape index (κ3) is 4.91. The third-order valence-corrected chi connectivity index (χ3v) is 6.70. The van der Waals surface area contributed by atoms with Crippen LogP contribution in [0.25, 0.3) is 10.2 Å². The van der Waals surface area contributed by atoms with E-state index in [4.69, 9.17) is 5.73 Å². The number of pyridine rings is 1. The molecule has 2 aromatic heterocycles. The van der Waals surface area contributed by atoms with E-state index in [1.807, 2.05) is 19.1 Å². The molecule has 0 spiro atoms. The predicted octanol–water partition coefficient (Wildman–Crippen LogP) is 3.57. The van der Waals surface area contributed by atoms with Crippen LogP contribution >= 0.6 is 11.3 Å². The number of hydrogen-bond donors (Lipinski definition) is 4. The van der Waals surface area contributed by atoms with Crippen molar-refractivity contribution in [2.45, 2.75) is 26.2 Å². The molecule has 1 saturated heterocycles. The number of nitrogen functional groups attached to an aromatic ring is 1. The number of rotatable bonds is 7. The number of nitrogens with two attached hydrogens (primary N) is 1. The lowest BCUT2D eigenvalue weighted by molar-refractivity contribution is 0.0959. The molecule has 4 rings (SSSR count). The summed E-state index contributed by atoms with van der Waals surface area (Å²) in [6, 6.07) is 12.3. The van der Waals surface area contributed by atoms with Crippen LogP contribution in [-0.4, -0.2) is 37.1 Å². The molecule has 0 bridgehead atoms. The van der Waals surface area contributed by atoms with Gasteiger partial charge in [0.1, 0.15) is 9.71 Å². The molecule has 30 heavy (non-hydrogen) atoms. The Bertz CT molecular complexity index is 1010. The van der Waals surface area contributed by atoms with E-state index in [9.17, 15) is 4.79 Å². The van der Waals surface area contributed by atoms with Crippen LogP contribution in [-0.2, 0) is 6.42 Å². The van der Waals surface area contributed by atoms with Gasteiger partial charge in [-0.3, -0.25) is 4.79 Å². The van der Waals surface area contributed by atoms with Crippen LogP contribution in [0.4, 0.5) is 11.4 Å². The largest absolute Gasteiger partial charge is 0.397 e. The first-order valence-corrected chi connectivity index (χ1v) is 11.4. The van der Waals surface area contributed by atoms with Crippen molar-refractivity contribution in [3.8, 4) is 0 Å². The summed E-state index contributed by atoms with van der Waals surface area (Å²) in [4.78, 5) is 18.4. The zero-order chi connectivity index (χ0) is 20.9. The Labute approximate surface area is 181 Å². The number of benzene rings is 1. The minimum absolute atomic E-state index is 0.132. The number of hydrogen-bond acceptors (Lipinski definition) is 6. The number of fused-ring (bicyclic) bond motifs is 1. The summed E-state index contributed by atoms with van der Waals surface area (Å²) in [5, 5.41) is 10.8. The Morgan fingerprint density at radius 1 is 1.27 bits per heavy atom. The van der Waals surface area contributed by atoms with E-state index in [1.54, 1.807) is 0 Å². The molecule has 0 aliphatic carbocycles. The van der Waals surface area contributed by atoms with Crippen LogP contribution < -0.4 is 21.7 Å². The Hall–Kier alpha value is -2.64. The predicted molar refractivity (Wildman–Crippen MR) is 125 cm³/mol. The molecule has 1 aromatic carbocycles. The second-order valence-electron chi connectivity index (χ2n) is 7.95. The fourth-order valence-electron chi connectivity index (χ4n) is 3.81. The first-order valence-electron chi connectivity index (χ1n) is 10.6. The summed E-state index contributed by atoms with van der Waals surface area (Å²) in [6.07, 6.45) is 3.33. The van der Waals surface area contributed by atoms with E-state index in [2.05, 4.69) is 45.2 Å². The molecule has 1 fully saturated rings. The fourth-order valence-corrected chi connectivity index (χ4v) is 4.86. The Kier molecular flexibility index (Phi) is 6.50. The number of thiophene rings is 1. The van der Waals surface area contributed by atoms with Crippen LogP contribution in [0.15, 0.2) is 36.4 Å². The fraction of sp³-hybridized carbons (Fsp3) is 0.391. The molecule has 5 N–H and O–H groups in total. The molecule has 3 heterocycles. The van der Waals surface area contributed by atoms with Gasteiger partial charge in [0.25, 0.3) is 5.91 Å². The van der Waals surface area contributed by atoms with Crippen molar-refractivity contribution >= 4 is 38.8 Å². The molecule has 0 saturated carbocycles. The number of nitrogens with zero attached hydrogens (tertiary/aromatic N) is 1. The Morgan fingerprint density at radius 3 is 2.87 bits per heavy atom. The van der Waals surface area contributed by atoms with Gasteiger partial charge in [-0.05, 0) is 75.0 Å². The Balaban J connectivity index is 1.26. The highest BCUT2D eigenvalue weighted by atomic mass is 32.1. The zero-order valence-electron chi connectivity index (χ0n) is 17.3. The van der Waals surface area contributed by atoms with E-state index in [0.29, 0.717) is 23.0 Å². The molecule has 0 radical (unpaired) electrons. The maximum atomic E-state index is 12.6. The van der Waals surface area contributed by atoms with E-state index >= 15 is 0 Å². The molecule has 158 valence electrons. The molecule has 3 aromatic rings. The van der Waals surface area contributed by atoms with Crippen molar-refractivity contribution < 1.29 is 4.79 Å². The molecular formula is C23H29N5OS. The van der Waals surface area contributed by atoms with Gasteiger partial charge in [0.15, 0.2) is 0 Å². The molecule has 6 nitrogen and oxygen atoms in total. The third-order valence-electron chi connectivity index (χ3n) is 5.59. The first-order chi connectivity index (χ1) is 14.6. The van der Waals surface area contributed by atoms with Crippen molar-refractivity contribution in [2.24, 2.45) is 5.92 Å². The number of anilines is 2. The van der Waals surface area contributed by atoms with Gasteiger partial charge in [-0.1, -0.05) is 12.1 Å². The average molecular weight is 424 g/mol. The minimum Gasteiger partial charge on any atom is -0.397 e. The van der Waals surface area contributed by atoms with Gasteiger partial charge in [-0.2, -0.15) is 0 Å². The molecule has 1 aliphatic rings. The molecular weight excluding hydrogens is 394 g/mol. The van der Waals surface area contributed by atoms with Crippen LogP contribution in [0.2, 0.25) is 0 Å². The number of carbonyl (C=O) groups is 1. The van der Waals surface area contributed by atoms with Crippen LogP contribution in [0.3, 0.4) is 0 Å². The highest BCUT2D eigenvalue weighted by Gasteiger charge is 2.17.